The molecule has 0 N–H and O–H groups in total. The van der Waals surface area contributed by atoms with Crippen molar-refractivity contribution in [2.45, 2.75) is 12.7 Å². The molecule has 2 aliphatic rings. The Balaban J connectivity index is 1.61. The maximum atomic E-state index is 5.34. The van der Waals surface area contributed by atoms with Gasteiger partial charge in [0.1, 0.15) is 12.5 Å². The molecule has 20 heavy (non-hydrogen) atoms. The Morgan fingerprint density at radius 3 is 2.45 bits per heavy atom. The van der Waals surface area contributed by atoms with E-state index in [-0.39, 0.29) is 6.29 Å². The minimum absolute atomic E-state index is 0.296. The highest BCUT2D eigenvalue weighted by Crippen LogP contribution is 2.35. The van der Waals surface area contributed by atoms with Crippen LogP contribution in [-0.4, -0.2) is 6.54 Å². The number of anilines is 2. The SMILES string of the molecule is C1=COC(c2ccc(N3CCc4ccccc43)cc2)O1. The van der Waals surface area contributed by atoms with Crippen LogP contribution in [0.2, 0.25) is 0 Å². The van der Waals surface area contributed by atoms with Crippen molar-refractivity contribution >= 4 is 11.4 Å². The van der Waals surface area contributed by atoms with Crippen LogP contribution in [-0.2, 0) is 15.9 Å². The average Bonchev–Trinajstić information content (AvgIpc) is 3.17. The summed E-state index contributed by atoms with van der Waals surface area (Å²) in [6.07, 6.45) is 3.97. The second kappa shape index (κ2) is 4.60. The van der Waals surface area contributed by atoms with Crippen LogP contribution in [0.25, 0.3) is 0 Å². The third-order valence-corrected chi connectivity index (χ3v) is 3.82. The summed E-state index contributed by atoms with van der Waals surface area (Å²) in [5, 5.41) is 0. The Labute approximate surface area is 118 Å². The van der Waals surface area contributed by atoms with E-state index in [4.69, 9.17) is 9.47 Å². The van der Waals surface area contributed by atoms with Crippen LogP contribution in [0.1, 0.15) is 17.4 Å². The molecular weight excluding hydrogens is 250 g/mol. The topological polar surface area (TPSA) is 21.7 Å². The van der Waals surface area contributed by atoms with Crippen molar-refractivity contribution in [3.8, 4) is 0 Å². The Bertz CT molecular complexity index is 640. The van der Waals surface area contributed by atoms with Gasteiger partial charge < -0.3 is 14.4 Å². The van der Waals surface area contributed by atoms with Gasteiger partial charge in [-0.2, -0.15) is 0 Å². The lowest BCUT2D eigenvalue weighted by molar-refractivity contribution is -0.0245. The van der Waals surface area contributed by atoms with Gasteiger partial charge in [-0.1, -0.05) is 18.2 Å². The fourth-order valence-electron chi connectivity index (χ4n) is 2.81. The molecule has 3 heteroatoms. The molecule has 4 rings (SSSR count). The largest absolute Gasteiger partial charge is 0.455 e. The summed E-state index contributed by atoms with van der Waals surface area (Å²) in [5.74, 6) is 0. The van der Waals surface area contributed by atoms with E-state index < -0.39 is 0 Å². The zero-order valence-electron chi connectivity index (χ0n) is 11.0. The van der Waals surface area contributed by atoms with Gasteiger partial charge in [0, 0.05) is 23.5 Å². The quantitative estimate of drug-likeness (QED) is 0.822. The number of hydrogen-bond acceptors (Lipinski definition) is 3. The van der Waals surface area contributed by atoms with Gasteiger partial charge in [-0.05, 0) is 42.3 Å². The van der Waals surface area contributed by atoms with E-state index in [9.17, 15) is 0 Å². The zero-order chi connectivity index (χ0) is 13.4. The minimum Gasteiger partial charge on any atom is -0.455 e. The monoisotopic (exact) mass is 265 g/mol. The molecule has 0 spiro atoms. The van der Waals surface area contributed by atoms with Crippen molar-refractivity contribution in [1.29, 1.82) is 0 Å². The number of nitrogens with zero attached hydrogens (tertiary/aromatic N) is 1. The molecule has 0 amide bonds. The first-order chi connectivity index (χ1) is 9.92. The second-order valence-electron chi connectivity index (χ2n) is 5.00. The standard InChI is InChI=1S/C17H15NO2/c1-2-4-16-13(3-1)9-10-18(16)15-7-5-14(6-8-15)17-19-11-12-20-17/h1-8,11-12,17H,9-10H2. The van der Waals surface area contributed by atoms with E-state index in [0.29, 0.717) is 0 Å². The highest BCUT2D eigenvalue weighted by atomic mass is 16.7. The molecule has 0 radical (unpaired) electrons. The second-order valence-corrected chi connectivity index (χ2v) is 5.00. The van der Waals surface area contributed by atoms with Crippen LogP contribution in [0.5, 0.6) is 0 Å². The van der Waals surface area contributed by atoms with Crippen LogP contribution in [0.3, 0.4) is 0 Å². The summed E-state index contributed by atoms with van der Waals surface area (Å²) in [6.45, 7) is 1.04. The van der Waals surface area contributed by atoms with Crippen LogP contribution < -0.4 is 4.90 Å². The first-order valence-corrected chi connectivity index (χ1v) is 6.83. The summed E-state index contributed by atoms with van der Waals surface area (Å²) in [6, 6.07) is 17.0. The van der Waals surface area contributed by atoms with Crippen LogP contribution in [0.4, 0.5) is 11.4 Å². The van der Waals surface area contributed by atoms with E-state index in [1.807, 2.05) is 0 Å². The average molecular weight is 265 g/mol. The molecule has 100 valence electrons. The fraction of sp³-hybridized carbons (Fsp3) is 0.176. The smallest absolute Gasteiger partial charge is 0.266 e. The number of benzene rings is 2. The van der Waals surface area contributed by atoms with Crippen molar-refractivity contribution in [2.75, 3.05) is 11.4 Å². The van der Waals surface area contributed by atoms with Crippen molar-refractivity contribution in [1.82, 2.24) is 0 Å². The fourth-order valence-corrected chi connectivity index (χ4v) is 2.81. The van der Waals surface area contributed by atoms with Crippen LogP contribution >= 0.6 is 0 Å². The van der Waals surface area contributed by atoms with Gasteiger partial charge in [0.25, 0.3) is 6.29 Å². The lowest BCUT2D eigenvalue weighted by atomic mass is 10.1. The van der Waals surface area contributed by atoms with Gasteiger partial charge in [0.05, 0.1) is 0 Å². The van der Waals surface area contributed by atoms with Gasteiger partial charge in [0.15, 0.2) is 0 Å². The lowest BCUT2D eigenvalue weighted by Crippen LogP contribution is -2.13. The number of ether oxygens (including phenoxy) is 2. The summed E-state index contributed by atoms with van der Waals surface area (Å²) in [5.41, 5.74) is 4.98. The Morgan fingerprint density at radius 1 is 0.900 bits per heavy atom. The molecule has 0 aromatic heterocycles. The number of rotatable bonds is 2. The van der Waals surface area contributed by atoms with Crippen molar-refractivity contribution in [3.63, 3.8) is 0 Å². The molecule has 0 unspecified atom stereocenters. The molecule has 2 aliphatic heterocycles. The molecule has 0 aliphatic carbocycles. The lowest BCUT2D eigenvalue weighted by Gasteiger charge is -2.20. The Kier molecular flexibility index (Phi) is 2.62. The number of fused-ring (bicyclic) bond motifs is 1. The molecule has 2 heterocycles. The van der Waals surface area contributed by atoms with E-state index in [2.05, 4.69) is 53.4 Å². The Morgan fingerprint density at radius 2 is 1.65 bits per heavy atom. The van der Waals surface area contributed by atoms with Crippen molar-refractivity contribution in [2.24, 2.45) is 0 Å². The van der Waals surface area contributed by atoms with E-state index in [1.165, 1.54) is 16.9 Å². The summed E-state index contributed by atoms with van der Waals surface area (Å²) < 4.78 is 10.7. The van der Waals surface area contributed by atoms with E-state index >= 15 is 0 Å². The molecule has 3 nitrogen and oxygen atoms in total. The normalized spacial score (nSPS) is 16.9. The Hall–Kier alpha value is -2.42. The first kappa shape index (κ1) is 11.4. The molecule has 0 atom stereocenters. The van der Waals surface area contributed by atoms with Gasteiger partial charge in [0.2, 0.25) is 0 Å². The summed E-state index contributed by atoms with van der Waals surface area (Å²) in [7, 11) is 0. The third-order valence-electron chi connectivity index (χ3n) is 3.82. The molecule has 0 saturated heterocycles. The highest BCUT2D eigenvalue weighted by Gasteiger charge is 2.20. The van der Waals surface area contributed by atoms with Crippen molar-refractivity contribution < 1.29 is 9.47 Å². The van der Waals surface area contributed by atoms with Gasteiger partial charge in [-0.25, -0.2) is 0 Å². The molecule has 2 aromatic rings. The number of para-hydroxylation sites is 1. The molecular formula is C17H15NO2. The molecule has 0 fully saturated rings. The highest BCUT2D eigenvalue weighted by molar-refractivity contribution is 5.69. The maximum Gasteiger partial charge on any atom is 0.266 e. The first-order valence-electron chi connectivity index (χ1n) is 6.83. The summed E-state index contributed by atoms with van der Waals surface area (Å²) >= 11 is 0. The van der Waals surface area contributed by atoms with E-state index in [1.54, 1.807) is 12.5 Å². The van der Waals surface area contributed by atoms with Gasteiger partial charge in [-0.3, -0.25) is 0 Å². The van der Waals surface area contributed by atoms with E-state index in [0.717, 1.165) is 18.5 Å². The number of hydrogen-bond donors (Lipinski definition) is 0. The predicted molar refractivity (Wildman–Crippen MR) is 77.6 cm³/mol. The van der Waals surface area contributed by atoms with Crippen molar-refractivity contribution in [3.05, 3.63) is 72.2 Å². The maximum absolute atomic E-state index is 5.34. The van der Waals surface area contributed by atoms with Crippen LogP contribution in [0.15, 0.2) is 61.1 Å². The van der Waals surface area contributed by atoms with Crippen LogP contribution in [0, 0.1) is 0 Å². The molecule has 2 aromatic carbocycles. The molecule has 0 saturated carbocycles. The van der Waals surface area contributed by atoms with Gasteiger partial charge >= 0.3 is 0 Å². The minimum atomic E-state index is -0.296. The molecule has 0 bridgehead atoms. The predicted octanol–water partition coefficient (Wildman–Crippen LogP) is 3.90. The third kappa shape index (κ3) is 1.83. The van der Waals surface area contributed by atoms with Gasteiger partial charge in [-0.15, -0.1) is 0 Å². The summed E-state index contributed by atoms with van der Waals surface area (Å²) in [4.78, 5) is 2.35. The zero-order valence-corrected chi connectivity index (χ0v) is 11.0.